The lowest BCUT2D eigenvalue weighted by Crippen LogP contribution is -2.32. The molecule has 2 aliphatic rings. The molecule has 3 atom stereocenters. The molecule has 2 aliphatic heterocycles. The van der Waals surface area contributed by atoms with Gasteiger partial charge in [0.25, 0.3) is 0 Å². The maximum atomic E-state index is 15.1. The van der Waals surface area contributed by atoms with Crippen LogP contribution in [0.25, 0.3) is 11.1 Å². The standard InChI is InChI=1S/C23H23F4N3O3S/c1-13-5-4-6-15(24)20(13)22-17(26)8-7-16(25)21(22)18-9-19(29-33-18)30-11-14(23(2,27)12-30)10-28-34(3,31)32/h4-8,10,14,18H,9,11-12H2,1-3H3/t14?,18?,23-/m0/s1. The minimum atomic E-state index is -3.67. The highest BCUT2D eigenvalue weighted by Crippen LogP contribution is 2.42. The lowest BCUT2D eigenvalue weighted by Gasteiger charge is -2.20. The van der Waals surface area contributed by atoms with Gasteiger partial charge >= 0.3 is 0 Å². The largest absolute Gasteiger partial charge is 0.386 e. The lowest BCUT2D eigenvalue weighted by molar-refractivity contribution is 0.0830. The highest BCUT2D eigenvalue weighted by Gasteiger charge is 2.45. The molecule has 4 rings (SSSR count). The first-order chi connectivity index (χ1) is 15.9. The van der Waals surface area contributed by atoms with Crippen molar-refractivity contribution in [3.05, 3.63) is 58.9 Å². The van der Waals surface area contributed by atoms with E-state index in [1.807, 2.05) is 0 Å². The number of hydrogen-bond donors (Lipinski definition) is 0. The summed E-state index contributed by atoms with van der Waals surface area (Å²) in [6.45, 7) is 2.87. The molecule has 0 spiro atoms. The highest BCUT2D eigenvalue weighted by atomic mass is 32.2. The summed E-state index contributed by atoms with van der Waals surface area (Å²) in [6, 6.07) is 6.10. The van der Waals surface area contributed by atoms with E-state index in [4.69, 9.17) is 4.84 Å². The Balaban J connectivity index is 1.63. The maximum Gasteiger partial charge on any atom is 0.249 e. The Bertz CT molecular complexity index is 1270. The number of halogens is 4. The second-order valence-electron chi connectivity index (χ2n) is 8.81. The zero-order valence-electron chi connectivity index (χ0n) is 18.7. The van der Waals surface area contributed by atoms with Crippen LogP contribution in [-0.2, 0) is 14.9 Å². The summed E-state index contributed by atoms with van der Waals surface area (Å²) >= 11 is 0. The van der Waals surface area contributed by atoms with Crippen LogP contribution >= 0.6 is 0 Å². The summed E-state index contributed by atoms with van der Waals surface area (Å²) in [7, 11) is -3.67. The molecule has 0 radical (unpaired) electrons. The van der Waals surface area contributed by atoms with Crippen molar-refractivity contribution in [3.63, 3.8) is 0 Å². The van der Waals surface area contributed by atoms with Crippen LogP contribution < -0.4 is 0 Å². The topological polar surface area (TPSA) is 71.3 Å². The van der Waals surface area contributed by atoms with Crippen molar-refractivity contribution in [2.75, 3.05) is 19.3 Å². The van der Waals surface area contributed by atoms with Gasteiger partial charge in [-0.25, -0.2) is 26.0 Å². The molecule has 2 heterocycles. The maximum absolute atomic E-state index is 15.1. The summed E-state index contributed by atoms with van der Waals surface area (Å²) in [4.78, 5) is 6.98. The molecule has 2 unspecified atom stereocenters. The van der Waals surface area contributed by atoms with Gasteiger partial charge in [-0.3, -0.25) is 0 Å². The first-order valence-corrected chi connectivity index (χ1v) is 12.4. The molecular weight excluding hydrogens is 474 g/mol. The first-order valence-electron chi connectivity index (χ1n) is 10.5. The zero-order chi connectivity index (χ0) is 24.8. The van der Waals surface area contributed by atoms with Gasteiger partial charge in [0.15, 0.2) is 6.10 Å². The van der Waals surface area contributed by atoms with E-state index in [0.717, 1.165) is 24.6 Å². The van der Waals surface area contributed by atoms with E-state index in [0.29, 0.717) is 11.4 Å². The lowest BCUT2D eigenvalue weighted by atomic mass is 9.91. The van der Waals surface area contributed by atoms with Crippen molar-refractivity contribution in [1.29, 1.82) is 0 Å². The predicted octanol–water partition coefficient (Wildman–Crippen LogP) is 4.54. The fraction of sp³-hybridized carbons (Fsp3) is 0.391. The summed E-state index contributed by atoms with van der Waals surface area (Å²) in [5, 5.41) is 3.97. The second-order valence-corrected chi connectivity index (χ2v) is 10.5. The van der Waals surface area contributed by atoms with Crippen LogP contribution in [0.5, 0.6) is 0 Å². The molecule has 0 N–H and O–H groups in total. The van der Waals surface area contributed by atoms with Gasteiger partial charge in [-0.05, 0) is 37.6 Å². The Hall–Kier alpha value is -2.95. The van der Waals surface area contributed by atoms with Crippen LogP contribution in [0.3, 0.4) is 0 Å². The normalized spacial score (nSPS) is 25.1. The van der Waals surface area contributed by atoms with E-state index in [2.05, 4.69) is 9.55 Å². The van der Waals surface area contributed by atoms with Crippen molar-refractivity contribution < 1.29 is 30.8 Å². The van der Waals surface area contributed by atoms with Crippen LogP contribution in [-0.4, -0.2) is 50.4 Å². The monoisotopic (exact) mass is 497 g/mol. The van der Waals surface area contributed by atoms with Gasteiger partial charge in [-0.2, -0.15) is 4.40 Å². The molecule has 1 fully saturated rings. The number of rotatable bonds is 4. The van der Waals surface area contributed by atoms with Gasteiger partial charge in [0.1, 0.15) is 29.0 Å². The smallest absolute Gasteiger partial charge is 0.249 e. The van der Waals surface area contributed by atoms with Crippen LogP contribution in [0.15, 0.2) is 39.9 Å². The summed E-state index contributed by atoms with van der Waals surface area (Å²) in [5.74, 6) is -2.83. The van der Waals surface area contributed by atoms with Crippen molar-refractivity contribution >= 4 is 22.1 Å². The average molecular weight is 498 g/mol. The number of oxime groups is 1. The third-order valence-corrected chi connectivity index (χ3v) is 6.58. The van der Waals surface area contributed by atoms with Gasteiger partial charge in [-0.1, -0.05) is 17.3 Å². The second kappa shape index (κ2) is 8.68. The van der Waals surface area contributed by atoms with E-state index in [1.54, 1.807) is 17.9 Å². The molecule has 0 saturated carbocycles. The van der Waals surface area contributed by atoms with Gasteiger partial charge in [0, 0.05) is 35.4 Å². The number of sulfonamides is 1. The van der Waals surface area contributed by atoms with Gasteiger partial charge in [0.2, 0.25) is 10.0 Å². The molecule has 11 heteroatoms. The quantitative estimate of drug-likeness (QED) is 0.459. The SMILES string of the molecule is Cc1cccc(F)c1-c1c(F)ccc(F)c1C1CC(N2CC(C=NS(C)(=O)=O)[C@@](C)(F)C2)=NO1. The van der Waals surface area contributed by atoms with Gasteiger partial charge in [-0.15, -0.1) is 0 Å². The molecule has 182 valence electrons. The Kier molecular flexibility index (Phi) is 6.17. The number of nitrogens with zero attached hydrogens (tertiary/aromatic N) is 3. The number of benzene rings is 2. The number of alkyl halides is 1. The zero-order valence-corrected chi connectivity index (χ0v) is 19.5. The average Bonchev–Trinajstić information content (AvgIpc) is 3.32. The molecule has 0 aromatic heterocycles. The van der Waals surface area contributed by atoms with Crippen molar-refractivity contribution in [2.24, 2.45) is 15.5 Å². The van der Waals surface area contributed by atoms with Crippen molar-refractivity contribution in [2.45, 2.75) is 32.0 Å². The first kappa shape index (κ1) is 24.2. The Morgan fingerprint density at radius 2 is 1.82 bits per heavy atom. The van der Waals surface area contributed by atoms with E-state index >= 15 is 4.39 Å². The van der Waals surface area contributed by atoms with Crippen LogP contribution in [0.4, 0.5) is 17.6 Å². The van der Waals surface area contributed by atoms with Gasteiger partial charge < -0.3 is 9.74 Å². The molecule has 6 nitrogen and oxygen atoms in total. The predicted molar refractivity (Wildman–Crippen MR) is 120 cm³/mol. The Labute approximate surface area is 195 Å². The van der Waals surface area contributed by atoms with Crippen LogP contribution in [0.2, 0.25) is 0 Å². The molecule has 0 bridgehead atoms. The number of likely N-dealkylation sites (tertiary alicyclic amines) is 1. The summed E-state index contributed by atoms with van der Waals surface area (Å²) in [5.41, 5.74) is -1.86. The molecule has 1 saturated heterocycles. The summed E-state index contributed by atoms with van der Waals surface area (Å²) in [6.07, 6.45) is 0.907. The fourth-order valence-electron chi connectivity index (χ4n) is 4.36. The van der Waals surface area contributed by atoms with Crippen LogP contribution in [0, 0.1) is 30.3 Å². The minimum Gasteiger partial charge on any atom is -0.386 e. The highest BCUT2D eigenvalue weighted by molar-refractivity contribution is 7.89. The molecule has 34 heavy (non-hydrogen) atoms. The van der Waals surface area contributed by atoms with Crippen molar-refractivity contribution in [3.8, 4) is 11.1 Å². The molecule has 2 aromatic carbocycles. The van der Waals surface area contributed by atoms with Crippen molar-refractivity contribution in [1.82, 2.24) is 4.90 Å². The number of aryl methyl sites for hydroxylation is 1. The van der Waals surface area contributed by atoms with Crippen LogP contribution in [0.1, 0.15) is 30.6 Å². The van der Waals surface area contributed by atoms with E-state index in [1.165, 1.54) is 19.1 Å². The third-order valence-electron chi connectivity index (χ3n) is 6.08. The number of hydrogen-bond acceptors (Lipinski definition) is 5. The van der Waals surface area contributed by atoms with Gasteiger partial charge in [0.05, 0.1) is 19.2 Å². The molecule has 0 aliphatic carbocycles. The molecule has 0 amide bonds. The third kappa shape index (κ3) is 4.66. The minimum absolute atomic E-state index is 0.00705. The fourth-order valence-corrected chi connectivity index (χ4v) is 4.73. The van der Waals surface area contributed by atoms with E-state index in [-0.39, 0.29) is 36.2 Å². The Morgan fingerprint density at radius 1 is 1.15 bits per heavy atom. The molecule has 2 aromatic rings. The Morgan fingerprint density at radius 3 is 2.50 bits per heavy atom. The number of amidine groups is 1. The molecular formula is C23H23F4N3O3S. The van der Waals surface area contributed by atoms with E-state index in [9.17, 15) is 21.6 Å². The summed E-state index contributed by atoms with van der Waals surface area (Å²) < 4.78 is 85.7. The van der Waals surface area contributed by atoms with E-state index < -0.39 is 45.2 Å².